The van der Waals surface area contributed by atoms with E-state index in [2.05, 4.69) is 10.3 Å². The van der Waals surface area contributed by atoms with Gasteiger partial charge in [0.1, 0.15) is 0 Å². The highest BCUT2D eigenvalue weighted by Crippen LogP contribution is 2.33. The van der Waals surface area contributed by atoms with Crippen LogP contribution in [-0.2, 0) is 11.0 Å². The van der Waals surface area contributed by atoms with Gasteiger partial charge in [0.15, 0.2) is 5.69 Å². The first-order valence-electron chi connectivity index (χ1n) is 4.51. The van der Waals surface area contributed by atoms with Gasteiger partial charge < -0.3 is 11.1 Å². The summed E-state index contributed by atoms with van der Waals surface area (Å²) < 4.78 is 37.0. The summed E-state index contributed by atoms with van der Waals surface area (Å²) in [6.45, 7) is 1.44. The average molecular weight is 268 g/mol. The van der Waals surface area contributed by atoms with Gasteiger partial charge in [0.05, 0.1) is 22.9 Å². The van der Waals surface area contributed by atoms with Crippen LogP contribution in [-0.4, -0.2) is 16.9 Å². The molecule has 0 saturated heterocycles. The van der Waals surface area contributed by atoms with Crippen LogP contribution in [0.25, 0.3) is 0 Å². The van der Waals surface area contributed by atoms with Gasteiger partial charge in [-0.1, -0.05) is 11.6 Å². The van der Waals surface area contributed by atoms with Crippen molar-refractivity contribution in [2.45, 2.75) is 19.1 Å². The molecule has 1 rings (SSSR count). The molecule has 94 valence electrons. The van der Waals surface area contributed by atoms with Crippen LogP contribution in [0.2, 0.25) is 5.02 Å². The summed E-state index contributed by atoms with van der Waals surface area (Å²) in [5.74, 6) is -0.539. The van der Waals surface area contributed by atoms with Gasteiger partial charge in [0.25, 0.3) is 0 Å². The molecule has 4 nitrogen and oxygen atoms in total. The molecular formula is C9H9ClF3N3O. The fourth-order valence-corrected chi connectivity index (χ4v) is 1.24. The second-order valence-corrected chi connectivity index (χ2v) is 3.74. The van der Waals surface area contributed by atoms with Gasteiger partial charge in [0, 0.05) is 0 Å². The smallest absolute Gasteiger partial charge is 0.323 e. The zero-order chi connectivity index (χ0) is 13.2. The molecule has 0 aliphatic heterocycles. The second-order valence-electron chi connectivity index (χ2n) is 3.33. The van der Waals surface area contributed by atoms with E-state index >= 15 is 0 Å². The largest absolute Gasteiger partial charge is 0.434 e. The number of nitrogens with one attached hydrogen (secondary N) is 1. The van der Waals surface area contributed by atoms with Crippen molar-refractivity contribution in [3.8, 4) is 0 Å². The van der Waals surface area contributed by atoms with Crippen molar-refractivity contribution < 1.29 is 18.0 Å². The number of hydrogen-bond acceptors (Lipinski definition) is 3. The van der Waals surface area contributed by atoms with E-state index in [0.29, 0.717) is 0 Å². The van der Waals surface area contributed by atoms with E-state index in [9.17, 15) is 18.0 Å². The number of nitrogens with two attached hydrogens (primary N) is 1. The molecular weight excluding hydrogens is 259 g/mol. The highest BCUT2D eigenvalue weighted by atomic mass is 35.5. The first-order chi connectivity index (χ1) is 7.71. The van der Waals surface area contributed by atoms with E-state index in [1.165, 1.54) is 6.92 Å². The van der Waals surface area contributed by atoms with E-state index < -0.39 is 28.8 Å². The number of nitrogens with zero attached hydrogens (tertiary/aromatic N) is 1. The number of carbonyl (C=O) groups is 1. The van der Waals surface area contributed by atoms with Gasteiger partial charge in [-0.15, -0.1) is 0 Å². The van der Waals surface area contributed by atoms with E-state index in [-0.39, 0.29) is 5.69 Å². The van der Waals surface area contributed by atoms with Crippen molar-refractivity contribution in [3.05, 3.63) is 23.0 Å². The number of hydrogen-bond donors (Lipinski definition) is 2. The maximum Gasteiger partial charge on any atom is 0.434 e. The molecule has 1 heterocycles. The molecule has 8 heteroatoms. The van der Waals surface area contributed by atoms with Crippen molar-refractivity contribution >= 4 is 23.2 Å². The Morgan fingerprint density at radius 2 is 2.18 bits per heavy atom. The molecule has 0 aromatic carbocycles. The quantitative estimate of drug-likeness (QED) is 0.862. The van der Waals surface area contributed by atoms with Gasteiger partial charge in [-0.25, -0.2) is 4.98 Å². The van der Waals surface area contributed by atoms with Crippen molar-refractivity contribution in [2.24, 2.45) is 5.73 Å². The number of anilines is 1. The number of alkyl halides is 3. The third-order valence-corrected chi connectivity index (χ3v) is 2.08. The normalized spacial score (nSPS) is 13.3. The molecule has 0 aliphatic rings. The number of aromatic nitrogens is 1. The molecule has 0 radical (unpaired) electrons. The Morgan fingerprint density at radius 1 is 1.59 bits per heavy atom. The van der Waals surface area contributed by atoms with Crippen molar-refractivity contribution in [1.29, 1.82) is 0 Å². The maximum atomic E-state index is 12.3. The van der Waals surface area contributed by atoms with Crippen LogP contribution in [0, 0.1) is 0 Å². The first kappa shape index (κ1) is 13.7. The minimum Gasteiger partial charge on any atom is -0.323 e. The summed E-state index contributed by atoms with van der Waals surface area (Å²) >= 11 is 5.41. The van der Waals surface area contributed by atoms with Crippen LogP contribution in [0.4, 0.5) is 18.9 Å². The van der Waals surface area contributed by atoms with Crippen molar-refractivity contribution in [2.75, 3.05) is 5.32 Å². The van der Waals surface area contributed by atoms with Crippen molar-refractivity contribution in [1.82, 2.24) is 4.98 Å². The lowest BCUT2D eigenvalue weighted by Gasteiger charge is -2.11. The fraction of sp³-hybridized carbons (Fsp3) is 0.333. The topological polar surface area (TPSA) is 68.0 Å². The van der Waals surface area contributed by atoms with E-state index in [1.54, 1.807) is 0 Å². The molecule has 0 spiro atoms. The lowest BCUT2D eigenvalue weighted by molar-refractivity contribution is -0.141. The molecule has 1 aromatic heterocycles. The molecule has 1 amide bonds. The van der Waals surface area contributed by atoms with Gasteiger partial charge in [-0.3, -0.25) is 4.79 Å². The Balaban J connectivity index is 2.94. The number of halogens is 4. The Hall–Kier alpha value is -1.34. The summed E-state index contributed by atoms with van der Waals surface area (Å²) in [6, 6.07) is 0.188. The molecule has 0 saturated carbocycles. The summed E-state index contributed by atoms with van der Waals surface area (Å²) in [5.41, 5.74) is 4.14. The van der Waals surface area contributed by atoms with Crippen LogP contribution >= 0.6 is 11.6 Å². The zero-order valence-electron chi connectivity index (χ0n) is 8.68. The Labute approximate surface area is 100.0 Å². The van der Waals surface area contributed by atoms with Crippen LogP contribution in [0.15, 0.2) is 12.3 Å². The summed E-state index contributed by atoms with van der Waals surface area (Å²) in [7, 11) is 0. The predicted molar refractivity (Wildman–Crippen MR) is 56.5 cm³/mol. The lowest BCUT2D eigenvalue weighted by atomic mass is 10.3. The SMILES string of the molecule is C[C@H](N)C(=O)Nc1cnc(C(F)(F)F)c(Cl)c1. The third kappa shape index (κ3) is 3.57. The number of pyridine rings is 1. The molecule has 17 heavy (non-hydrogen) atoms. The standard InChI is InChI=1S/C9H9ClF3N3O/c1-4(14)8(17)16-5-2-6(10)7(15-3-5)9(11,12)13/h2-4H,14H2,1H3,(H,16,17)/t4-/m0/s1. The zero-order valence-corrected chi connectivity index (χ0v) is 9.43. The van der Waals surface area contributed by atoms with Crippen LogP contribution in [0.1, 0.15) is 12.6 Å². The van der Waals surface area contributed by atoms with Gasteiger partial charge in [0.2, 0.25) is 5.91 Å². The number of carbonyl (C=O) groups excluding carboxylic acids is 1. The molecule has 0 bridgehead atoms. The second kappa shape index (κ2) is 4.89. The highest BCUT2D eigenvalue weighted by Gasteiger charge is 2.35. The van der Waals surface area contributed by atoms with Crippen LogP contribution in [0.3, 0.4) is 0 Å². The Morgan fingerprint density at radius 3 is 2.59 bits per heavy atom. The first-order valence-corrected chi connectivity index (χ1v) is 4.89. The molecule has 0 fully saturated rings. The average Bonchev–Trinajstić information content (AvgIpc) is 2.15. The third-order valence-electron chi connectivity index (χ3n) is 1.79. The van der Waals surface area contributed by atoms with Gasteiger partial charge >= 0.3 is 6.18 Å². The molecule has 1 atom stereocenters. The summed E-state index contributed by atoms with van der Waals surface area (Å²) in [6.07, 6.45) is -3.75. The molecule has 0 unspecified atom stereocenters. The van der Waals surface area contributed by atoms with Crippen LogP contribution < -0.4 is 11.1 Å². The predicted octanol–water partition coefficient (Wildman–Crippen LogP) is 2.04. The minimum absolute atomic E-state index is 0.0605. The van der Waals surface area contributed by atoms with Crippen LogP contribution in [0.5, 0.6) is 0 Å². The fourth-order valence-electron chi connectivity index (χ4n) is 0.971. The van der Waals surface area contributed by atoms with E-state index in [4.69, 9.17) is 17.3 Å². The van der Waals surface area contributed by atoms with E-state index in [1.807, 2.05) is 0 Å². The highest BCUT2D eigenvalue weighted by molar-refractivity contribution is 6.31. The number of amides is 1. The Bertz CT molecular complexity index is 434. The summed E-state index contributed by atoms with van der Waals surface area (Å²) in [5, 5.41) is 1.70. The molecule has 1 aromatic rings. The van der Waals surface area contributed by atoms with Crippen molar-refractivity contribution in [3.63, 3.8) is 0 Å². The monoisotopic (exact) mass is 267 g/mol. The number of rotatable bonds is 2. The Kier molecular flexibility index (Phi) is 3.94. The lowest BCUT2D eigenvalue weighted by Crippen LogP contribution is -2.32. The molecule has 0 aliphatic carbocycles. The molecule has 3 N–H and O–H groups in total. The maximum absolute atomic E-state index is 12.3. The minimum atomic E-state index is -4.62. The van der Waals surface area contributed by atoms with E-state index in [0.717, 1.165) is 12.3 Å². The van der Waals surface area contributed by atoms with Gasteiger partial charge in [-0.2, -0.15) is 13.2 Å². The van der Waals surface area contributed by atoms with Gasteiger partial charge in [-0.05, 0) is 13.0 Å². The summed E-state index contributed by atoms with van der Waals surface area (Å²) in [4.78, 5) is 14.3.